The smallest absolute Gasteiger partial charge is 0.277 e. The fraction of sp³-hybridized carbons (Fsp3) is 0.111. The van der Waals surface area contributed by atoms with E-state index in [0.29, 0.717) is 23.0 Å². The summed E-state index contributed by atoms with van der Waals surface area (Å²) in [5.41, 5.74) is 3.61. The Hall–Kier alpha value is -3.48. The van der Waals surface area contributed by atoms with Crippen molar-refractivity contribution < 1.29 is 4.79 Å². The summed E-state index contributed by atoms with van der Waals surface area (Å²) < 4.78 is 0. The Kier molecular flexibility index (Phi) is 3.53. The summed E-state index contributed by atoms with van der Waals surface area (Å²) in [7, 11) is 0. The van der Waals surface area contributed by atoms with Gasteiger partial charge in [-0.15, -0.1) is 0 Å². The van der Waals surface area contributed by atoms with Crippen molar-refractivity contribution >= 4 is 22.8 Å². The van der Waals surface area contributed by atoms with E-state index in [4.69, 9.17) is 0 Å². The first kappa shape index (κ1) is 15.1. The van der Waals surface area contributed by atoms with E-state index < -0.39 is 0 Å². The molecule has 0 saturated heterocycles. The predicted octanol–water partition coefficient (Wildman–Crippen LogP) is 3.22. The van der Waals surface area contributed by atoms with Crippen molar-refractivity contribution in [2.45, 2.75) is 13.8 Å². The number of amides is 1. The van der Waals surface area contributed by atoms with E-state index in [0.717, 1.165) is 22.2 Å². The van der Waals surface area contributed by atoms with Crippen molar-refractivity contribution in [3.05, 3.63) is 59.8 Å². The summed E-state index contributed by atoms with van der Waals surface area (Å²) in [5.74, 6) is 0.908. The molecule has 0 aliphatic carbocycles. The summed E-state index contributed by atoms with van der Waals surface area (Å²) in [4.78, 5) is 24.1. The van der Waals surface area contributed by atoms with E-state index >= 15 is 0 Å². The van der Waals surface area contributed by atoms with Crippen molar-refractivity contribution in [1.82, 2.24) is 25.1 Å². The lowest BCUT2D eigenvalue weighted by Crippen LogP contribution is -2.14. The third kappa shape index (κ3) is 2.65. The minimum Gasteiger partial charge on any atom is -0.346 e. The van der Waals surface area contributed by atoms with Crippen LogP contribution in [0.25, 0.3) is 22.2 Å². The molecule has 0 atom stereocenters. The van der Waals surface area contributed by atoms with E-state index in [1.807, 2.05) is 50.2 Å². The number of nitrogens with one attached hydrogen (secondary N) is 3. The minimum atomic E-state index is -0.296. The van der Waals surface area contributed by atoms with Gasteiger partial charge >= 0.3 is 0 Å². The van der Waals surface area contributed by atoms with E-state index in [1.54, 1.807) is 6.20 Å². The van der Waals surface area contributed by atoms with Crippen LogP contribution in [-0.4, -0.2) is 31.1 Å². The summed E-state index contributed by atoms with van der Waals surface area (Å²) in [6.07, 6.45) is 1.71. The first-order valence-corrected chi connectivity index (χ1v) is 7.86. The molecule has 1 amide bonds. The van der Waals surface area contributed by atoms with Gasteiger partial charge in [-0.3, -0.25) is 9.89 Å². The molecule has 0 fully saturated rings. The first-order valence-electron chi connectivity index (χ1n) is 7.86. The number of aromatic nitrogens is 5. The number of hydrogen-bond acceptors (Lipinski definition) is 4. The number of rotatable bonds is 3. The lowest BCUT2D eigenvalue weighted by Gasteiger charge is -2.06. The van der Waals surface area contributed by atoms with Crippen LogP contribution in [0, 0.1) is 13.8 Å². The SMILES string of the molecule is Cc1nc(C(=O)Nc2[nH]nc3nccc(-c4ccccc4)c23)c(C)[nH]1. The highest BCUT2D eigenvalue weighted by Crippen LogP contribution is 2.31. The molecular formula is C18H16N6O. The van der Waals surface area contributed by atoms with Crippen LogP contribution >= 0.6 is 0 Å². The number of benzene rings is 1. The normalized spacial score (nSPS) is 11.0. The van der Waals surface area contributed by atoms with Crippen molar-refractivity contribution in [3.8, 4) is 11.1 Å². The van der Waals surface area contributed by atoms with E-state index in [9.17, 15) is 4.79 Å². The number of fused-ring (bicyclic) bond motifs is 1. The van der Waals surface area contributed by atoms with Gasteiger partial charge in [-0.25, -0.2) is 9.97 Å². The lowest BCUT2D eigenvalue weighted by atomic mass is 10.0. The zero-order chi connectivity index (χ0) is 17.4. The zero-order valence-corrected chi connectivity index (χ0v) is 13.8. The predicted molar refractivity (Wildman–Crippen MR) is 95.3 cm³/mol. The van der Waals surface area contributed by atoms with Crippen LogP contribution in [0.2, 0.25) is 0 Å². The van der Waals surface area contributed by atoms with Gasteiger partial charge in [0.05, 0.1) is 5.39 Å². The first-order chi connectivity index (χ1) is 12.1. The molecule has 3 aromatic heterocycles. The fourth-order valence-electron chi connectivity index (χ4n) is 2.90. The van der Waals surface area contributed by atoms with Crippen LogP contribution < -0.4 is 5.32 Å². The van der Waals surface area contributed by atoms with Gasteiger partial charge in [0, 0.05) is 11.9 Å². The summed E-state index contributed by atoms with van der Waals surface area (Å²) >= 11 is 0. The van der Waals surface area contributed by atoms with Crippen molar-refractivity contribution in [2.24, 2.45) is 0 Å². The number of hydrogen-bond donors (Lipinski definition) is 3. The van der Waals surface area contributed by atoms with Crippen LogP contribution in [-0.2, 0) is 0 Å². The van der Waals surface area contributed by atoms with Gasteiger partial charge in [0.1, 0.15) is 17.3 Å². The number of nitrogens with zero attached hydrogens (tertiary/aromatic N) is 3. The summed E-state index contributed by atoms with van der Waals surface area (Å²) in [5, 5.41) is 10.7. The molecule has 0 unspecified atom stereocenters. The maximum absolute atomic E-state index is 12.6. The lowest BCUT2D eigenvalue weighted by molar-refractivity contribution is 0.102. The molecule has 3 N–H and O–H groups in total. The Labute approximate surface area is 143 Å². The number of anilines is 1. The Morgan fingerprint density at radius 1 is 1.12 bits per heavy atom. The summed E-state index contributed by atoms with van der Waals surface area (Å²) in [6.45, 7) is 3.63. The number of H-pyrrole nitrogens is 2. The maximum atomic E-state index is 12.6. The molecule has 3 heterocycles. The molecule has 124 valence electrons. The second-order valence-electron chi connectivity index (χ2n) is 5.77. The van der Waals surface area contributed by atoms with Gasteiger partial charge in [-0.05, 0) is 31.0 Å². The monoisotopic (exact) mass is 332 g/mol. The molecule has 7 heteroatoms. The Balaban J connectivity index is 1.78. The molecule has 4 aromatic rings. The summed E-state index contributed by atoms with van der Waals surface area (Å²) in [6, 6.07) is 11.8. The Morgan fingerprint density at radius 2 is 1.92 bits per heavy atom. The second-order valence-corrected chi connectivity index (χ2v) is 5.77. The average Bonchev–Trinajstić information content (AvgIpc) is 3.18. The fourth-order valence-corrected chi connectivity index (χ4v) is 2.90. The van der Waals surface area contributed by atoms with E-state index in [2.05, 4.69) is 30.5 Å². The molecule has 1 aromatic carbocycles. The van der Waals surface area contributed by atoms with E-state index in [1.165, 1.54) is 0 Å². The van der Waals surface area contributed by atoms with Crippen LogP contribution in [0.15, 0.2) is 42.6 Å². The van der Waals surface area contributed by atoms with Crippen LogP contribution in [0.3, 0.4) is 0 Å². The number of imidazole rings is 1. The van der Waals surface area contributed by atoms with Crippen LogP contribution in [0.5, 0.6) is 0 Å². The molecule has 4 rings (SSSR count). The van der Waals surface area contributed by atoms with Gasteiger partial charge in [0.2, 0.25) is 0 Å². The number of carbonyl (C=O) groups is 1. The van der Waals surface area contributed by atoms with Crippen LogP contribution in [0.1, 0.15) is 22.0 Å². The van der Waals surface area contributed by atoms with Gasteiger partial charge in [0.15, 0.2) is 5.65 Å². The average molecular weight is 332 g/mol. The molecule has 25 heavy (non-hydrogen) atoms. The Morgan fingerprint density at radius 3 is 2.64 bits per heavy atom. The topological polar surface area (TPSA) is 99.3 Å². The number of aromatic amines is 2. The maximum Gasteiger partial charge on any atom is 0.277 e. The second kappa shape index (κ2) is 5.86. The molecular weight excluding hydrogens is 316 g/mol. The number of aryl methyl sites for hydroxylation is 2. The molecule has 0 aliphatic heterocycles. The zero-order valence-electron chi connectivity index (χ0n) is 13.8. The minimum absolute atomic E-state index is 0.296. The largest absolute Gasteiger partial charge is 0.346 e. The Bertz CT molecular complexity index is 1060. The highest BCUT2D eigenvalue weighted by Gasteiger charge is 2.18. The quantitative estimate of drug-likeness (QED) is 0.536. The highest BCUT2D eigenvalue weighted by atomic mass is 16.2. The van der Waals surface area contributed by atoms with Gasteiger partial charge in [-0.1, -0.05) is 30.3 Å². The van der Waals surface area contributed by atoms with Crippen LogP contribution in [0.4, 0.5) is 5.82 Å². The highest BCUT2D eigenvalue weighted by molar-refractivity contribution is 6.10. The third-order valence-electron chi connectivity index (χ3n) is 4.00. The molecule has 0 saturated carbocycles. The molecule has 0 aliphatic rings. The van der Waals surface area contributed by atoms with Crippen molar-refractivity contribution in [1.29, 1.82) is 0 Å². The number of pyridine rings is 1. The molecule has 0 spiro atoms. The molecule has 0 bridgehead atoms. The molecule has 7 nitrogen and oxygen atoms in total. The van der Waals surface area contributed by atoms with Gasteiger partial charge in [-0.2, -0.15) is 5.10 Å². The van der Waals surface area contributed by atoms with E-state index in [-0.39, 0.29) is 5.91 Å². The van der Waals surface area contributed by atoms with Gasteiger partial charge < -0.3 is 10.3 Å². The van der Waals surface area contributed by atoms with Crippen molar-refractivity contribution in [2.75, 3.05) is 5.32 Å². The third-order valence-corrected chi connectivity index (χ3v) is 4.00. The standard InChI is InChI=1S/C18H16N6O/c1-10-15(21-11(2)20-10)18(25)22-17-14-13(12-6-4-3-5-7-12)8-9-19-16(14)23-24-17/h3-9H,1-2H3,(H,20,21)(H2,19,22,23,24,25). The van der Waals surface area contributed by atoms with Gasteiger partial charge in [0.25, 0.3) is 5.91 Å². The molecule has 0 radical (unpaired) electrons. The van der Waals surface area contributed by atoms with Crippen molar-refractivity contribution in [3.63, 3.8) is 0 Å². The number of carbonyl (C=O) groups excluding carboxylic acids is 1.